The molecule has 0 saturated heterocycles. The molecule has 0 aliphatic carbocycles. The lowest BCUT2D eigenvalue weighted by Gasteiger charge is -2.23. The Labute approximate surface area is 124 Å². The molecule has 0 fully saturated rings. The van der Waals surface area contributed by atoms with E-state index in [0.717, 1.165) is 30.3 Å². The number of likely N-dealkylation sites (N-methyl/N-ethyl adjacent to an activating group) is 1. The van der Waals surface area contributed by atoms with Crippen LogP contribution in [0.3, 0.4) is 0 Å². The Balaban J connectivity index is 1.81. The number of nitrogens with one attached hydrogen (secondary N) is 1. The van der Waals surface area contributed by atoms with Crippen LogP contribution in [0.5, 0.6) is 5.75 Å². The number of hydrogen-bond donors (Lipinski definition) is 1. The smallest absolute Gasteiger partial charge is 0.122 e. The Morgan fingerprint density at radius 3 is 3.05 bits per heavy atom. The number of ether oxygens (including phenoxy) is 1. The van der Waals surface area contributed by atoms with E-state index in [0.29, 0.717) is 12.0 Å². The monoisotopic (exact) mass is 288 g/mol. The minimum atomic E-state index is 0.380. The summed E-state index contributed by atoms with van der Waals surface area (Å²) in [6, 6.07) is 8.75. The average Bonchev–Trinajstić information content (AvgIpc) is 3.04. The molecule has 2 unspecified atom stereocenters. The van der Waals surface area contributed by atoms with E-state index >= 15 is 0 Å². The Bertz CT molecular complexity index is 581. The van der Waals surface area contributed by atoms with Crippen molar-refractivity contribution in [3.05, 3.63) is 45.9 Å². The van der Waals surface area contributed by atoms with Crippen LogP contribution in [0.2, 0.25) is 0 Å². The maximum Gasteiger partial charge on any atom is 0.122 e. The van der Waals surface area contributed by atoms with Crippen molar-refractivity contribution in [3.8, 4) is 5.75 Å². The van der Waals surface area contributed by atoms with Gasteiger partial charge in [-0.25, -0.2) is 4.98 Å². The van der Waals surface area contributed by atoms with Gasteiger partial charge in [0.25, 0.3) is 0 Å². The maximum atomic E-state index is 5.82. The van der Waals surface area contributed by atoms with Crippen LogP contribution in [0.4, 0.5) is 0 Å². The van der Waals surface area contributed by atoms with E-state index in [4.69, 9.17) is 4.74 Å². The van der Waals surface area contributed by atoms with E-state index in [1.165, 1.54) is 11.3 Å². The van der Waals surface area contributed by atoms with Crippen molar-refractivity contribution in [3.63, 3.8) is 0 Å². The van der Waals surface area contributed by atoms with Crippen molar-refractivity contribution >= 4 is 11.3 Å². The predicted octanol–water partition coefficient (Wildman–Crippen LogP) is 3.15. The number of nitrogens with zero attached hydrogens (tertiary/aromatic N) is 1. The van der Waals surface area contributed by atoms with Crippen molar-refractivity contribution in [1.29, 1.82) is 0 Å². The van der Waals surface area contributed by atoms with Crippen LogP contribution in [0.25, 0.3) is 0 Å². The normalized spacial score (nSPS) is 18.6. The highest BCUT2D eigenvalue weighted by molar-refractivity contribution is 7.09. The molecule has 1 aliphatic heterocycles. The van der Waals surface area contributed by atoms with Crippen LogP contribution in [-0.2, 0) is 6.42 Å². The summed E-state index contributed by atoms with van der Waals surface area (Å²) < 4.78 is 5.82. The molecule has 4 heteroatoms. The van der Waals surface area contributed by atoms with Gasteiger partial charge in [0.2, 0.25) is 0 Å². The Kier molecular flexibility index (Phi) is 4.03. The highest BCUT2D eigenvalue weighted by Gasteiger charge is 2.31. The van der Waals surface area contributed by atoms with Gasteiger partial charge in [0.1, 0.15) is 5.75 Å². The van der Waals surface area contributed by atoms with Gasteiger partial charge in [-0.05, 0) is 19.5 Å². The second-order valence-electron chi connectivity index (χ2n) is 5.18. The largest absolute Gasteiger partial charge is 0.493 e. The summed E-state index contributed by atoms with van der Waals surface area (Å²) in [7, 11) is 0. The predicted molar refractivity (Wildman–Crippen MR) is 82.7 cm³/mol. The summed E-state index contributed by atoms with van der Waals surface area (Å²) in [6.07, 6.45) is 0.959. The Hall–Kier alpha value is -1.39. The molecule has 2 aromatic rings. The third-order valence-electron chi connectivity index (χ3n) is 3.78. The molecule has 0 spiro atoms. The second kappa shape index (κ2) is 5.94. The van der Waals surface area contributed by atoms with Gasteiger partial charge >= 0.3 is 0 Å². The summed E-state index contributed by atoms with van der Waals surface area (Å²) in [6.45, 7) is 5.94. The number of rotatable bonds is 5. The minimum Gasteiger partial charge on any atom is -0.493 e. The van der Waals surface area contributed by atoms with Gasteiger partial charge in [-0.15, -0.1) is 11.3 Å². The van der Waals surface area contributed by atoms with Gasteiger partial charge in [-0.3, -0.25) is 0 Å². The molecule has 1 N–H and O–H groups in total. The average molecular weight is 288 g/mol. The molecule has 1 aromatic heterocycles. The molecule has 0 saturated carbocycles. The highest BCUT2D eigenvalue weighted by Crippen LogP contribution is 2.36. The van der Waals surface area contributed by atoms with Crippen LogP contribution < -0.4 is 10.1 Å². The molecule has 0 amide bonds. The van der Waals surface area contributed by atoms with E-state index < -0.39 is 0 Å². The van der Waals surface area contributed by atoms with Crippen molar-refractivity contribution in [2.45, 2.75) is 32.2 Å². The Morgan fingerprint density at radius 2 is 2.30 bits per heavy atom. The van der Waals surface area contributed by atoms with E-state index in [2.05, 4.69) is 47.7 Å². The molecule has 0 bridgehead atoms. The molecule has 106 valence electrons. The van der Waals surface area contributed by atoms with Crippen molar-refractivity contribution in [1.82, 2.24) is 10.3 Å². The number of aryl methyl sites for hydroxylation is 1. The maximum absolute atomic E-state index is 5.82. The van der Waals surface area contributed by atoms with Crippen LogP contribution >= 0.6 is 11.3 Å². The molecule has 1 aromatic carbocycles. The third kappa shape index (κ3) is 2.72. The van der Waals surface area contributed by atoms with E-state index in [1.807, 2.05) is 6.07 Å². The lowest BCUT2D eigenvalue weighted by Crippen LogP contribution is -2.37. The lowest BCUT2D eigenvalue weighted by molar-refractivity contribution is 0.297. The topological polar surface area (TPSA) is 34.2 Å². The first kappa shape index (κ1) is 13.6. The Morgan fingerprint density at radius 1 is 1.45 bits per heavy atom. The van der Waals surface area contributed by atoms with Gasteiger partial charge in [-0.1, -0.05) is 25.1 Å². The molecule has 0 radical (unpaired) electrons. The van der Waals surface area contributed by atoms with Crippen LogP contribution in [-0.4, -0.2) is 24.2 Å². The van der Waals surface area contributed by atoms with Crippen LogP contribution in [0.1, 0.15) is 29.1 Å². The zero-order valence-corrected chi connectivity index (χ0v) is 12.7. The fraction of sp³-hybridized carbons (Fsp3) is 0.438. The summed E-state index contributed by atoms with van der Waals surface area (Å²) >= 11 is 1.72. The number of benzene rings is 1. The number of aromatic nitrogens is 1. The first-order valence-corrected chi connectivity index (χ1v) is 8.02. The standard InChI is InChI=1S/C16H20N2OS/c1-3-17-15(8-12-10-20-11(2)18-12)14-9-19-16-7-5-4-6-13(14)16/h4-7,10,14-15,17H,3,8-9H2,1-2H3. The van der Waals surface area contributed by atoms with Crippen molar-refractivity contribution in [2.75, 3.05) is 13.2 Å². The molecule has 20 heavy (non-hydrogen) atoms. The van der Waals surface area contributed by atoms with Gasteiger partial charge in [0, 0.05) is 29.3 Å². The minimum absolute atomic E-state index is 0.380. The summed E-state index contributed by atoms with van der Waals surface area (Å²) in [5, 5.41) is 6.91. The van der Waals surface area contributed by atoms with Gasteiger partial charge in [0.15, 0.2) is 0 Å². The number of thiazole rings is 1. The van der Waals surface area contributed by atoms with Gasteiger partial charge < -0.3 is 10.1 Å². The molecule has 2 atom stereocenters. The van der Waals surface area contributed by atoms with Crippen LogP contribution in [0.15, 0.2) is 29.6 Å². The van der Waals surface area contributed by atoms with E-state index in [1.54, 1.807) is 11.3 Å². The summed E-state index contributed by atoms with van der Waals surface area (Å²) in [4.78, 5) is 4.60. The molecule has 3 rings (SSSR count). The highest BCUT2D eigenvalue weighted by atomic mass is 32.1. The fourth-order valence-electron chi connectivity index (χ4n) is 2.87. The number of hydrogen-bond acceptors (Lipinski definition) is 4. The molecule has 1 aliphatic rings. The molecule has 2 heterocycles. The van der Waals surface area contributed by atoms with Crippen LogP contribution in [0, 0.1) is 6.92 Å². The van der Waals surface area contributed by atoms with Gasteiger partial charge in [-0.2, -0.15) is 0 Å². The lowest BCUT2D eigenvalue weighted by atomic mass is 9.90. The summed E-state index contributed by atoms with van der Waals surface area (Å²) in [5.41, 5.74) is 2.51. The van der Waals surface area contributed by atoms with Crippen molar-refractivity contribution < 1.29 is 4.74 Å². The van der Waals surface area contributed by atoms with Crippen molar-refractivity contribution in [2.24, 2.45) is 0 Å². The number of fused-ring (bicyclic) bond motifs is 1. The number of para-hydroxylation sites is 1. The first-order valence-electron chi connectivity index (χ1n) is 7.14. The second-order valence-corrected chi connectivity index (χ2v) is 6.24. The molecular weight excluding hydrogens is 268 g/mol. The molecular formula is C16H20N2OS. The van der Waals surface area contributed by atoms with Gasteiger partial charge in [0.05, 0.1) is 17.3 Å². The van der Waals surface area contributed by atoms with E-state index in [-0.39, 0.29) is 0 Å². The quantitative estimate of drug-likeness (QED) is 0.917. The zero-order valence-electron chi connectivity index (χ0n) is 11.9. The summed E-state index contributed by atoms with van der Waals surface area (Å²) in [5.74, 6) is 1.45. The zero-order chi connectivity index (χ0) is 13.9. The SMILES string of the molecule is CCNC(Cc1csc(C)n1)C1COc2ccccc21. The van der Waals surface area contributed by atoms with E-state index in [9.17, 15) is 0 Å². The molecule has 3 nitrogen and oxygen atoms in total. The first-order chi connectivity index (χ1) is 9.78. The third-order valence-corrected chi connectivity index (χ3v) is 4.61. The fourth-order valence-corrected chi connectivity index (χ4v) is 3.49.